The predicted molar refractivity (Wildman–Crippen MR) is 56.6 cm³/mol. The molecule has 0 bridgehead atoms. The monoisotopic (exact) mass is 184 g/mol. The van der Waals surface area contributed by atoms with E-state index in [1.807, 2.05) is 6.92 Å². The van der Waals surface area contributed by atoms with E-state index in [9.17, 15) is 5.11 Å². The van der Waals surface area contributed by atoms with Crippen molar-refractivity contribution in [2.75, 3.05) is 0 Å². The average Bonchev–Trinajstić information content (AvgIpc) is 2.03. The molecule has 0 radical (unpaired) electrons. The summed E-state index contributed by atoms with van der Waals surface area (Å²) in [5.74, 6) is 2.28. The van der Waals surface area contributed by atoms with Crippen LogP contribution in [0.1, 0.15) is 52.9 Å². The quantitative estimate of drug-likeness (QED) is 0.714. The Bertz CT molecular complexity index is 140. The summed E-state index contributed by atoms with van der Waals surface area (Å²) >= 11 is 0. The molecule has 1 rings (SSSR count). The summed E-state index contributed by atoms with van der Waals surface area (Å²) in [5.41, 5.74) is 0. The normalized spacial score (nSPS) is 32.1. The lowest BCUT2D eigenvalue weighted by Gasteiger charge is -2.31. The Morgan fingerprint density at radius 2 is 1.92 bits per heavy atom. The first kappa shape index (κ1) is 11.0. The zero-order chi connectivity index (χ0) is 9.84. The van der Waals surface area contributed by atoms with Crippen molar-refractivity contribution in [3.05, 3.63) is 0 Å². The highest BCUT2D eigenvalue weighted by Crippen LogP contribution is 2.34. The fraction of sp³-hybridized carbons (Fsp3) is 1.00. The van der Waals surface area contributed by atoms with Gasteiger partial charge >= 0.3 is 0 Å². The van der Waals surface area contributed by atoms with Gasteiger partial charge in [-0.1, -0.05) is 26.7 Å². The van der Waals surface area contributed by atoms with Gasteiger partial charge in [-0.15, -0.1) is 0 Å². The first-order valence-electron chi connectivity index (χ1n) is 5.77. The highest BCUT2D eigenvalue weighted by Gasteiger charge is 2.25. The molecule has 3 atom stereocenters. The molecule has 78 valence electrons. The number of hydrogen-bond acceptors (Lipinski definition) is 1. The molecule has 0 aromatic rings. The van der Waals surface area contributed by atoms with E-state index >= 15 is 0 Å². The summed E-state index contributed by atoms with van der Waals surface area (Å²) < 4.78 is 0. The Balaban J connectivity index is 2.33. The van der Waals surface area contributed by atoms with E-state index in [1.165, 1.54) is 32.1 Å². The van der Waals surface area contributed by atoms with Gasteiger partial charge < -0.3 is 5.11 Å². The van der Waals surface area contributed by atoms with E-state index in [4.69, 9.17) is 0 Å². The van der Waals surface area contributed by atoms with Crippen LogP contribution >= 0.6 is 0 Å². The van der Waals surface area contributed by atoms with Gasteiger partial charge in [-0.2, -0.15) is 0 Å². The minimum absolute atomic E-state index is 0.0880. The second kappa shape index (κ2) is 4.99. The van der Waals surface area contributed by atoms with E-state index in [2.05, 4.69) is 13.8 Å². The lowest BCUT2D eigenvalue weighted by molar-refractivity contribution is 0.0789. The van der Waals surface area contributed by atoms with Crippen LogP contribution in [0.25, 0.3) is 0 Å². The minimum Gasteiger partial charge on any atom is -0.393 e. The summed E-state index contributed by atoms with van der Waals surface area (Å²) in [5, 5.41) is 9.53. The molecule has 0 aliphatic heterocycles. The summed E-state index contributed by atoms with van der Waals surface area (Å²) in [6, 6.07) is 0. The van der Waals surface area contributed by atoms with Crippen LogP contribution in [-0.2, 0) is 0 Å². The molecule has 0 heterocycles. The summed E-state index contributed by atoms with van der Waals surface area (Å²) in [7, 11) is 0. The number of hydrogen-bond donors (Lipinski definition) is 1. The predicted octanol–water partition coefficient (Wildman–Crippen LogP) is 3.22. The standard InChI is InChI=1S/C12H24O/c1-9(2)7-11-5-4-6-12(8-11)10(3)13/h9-13H,4-8H2,1-3H3. The molecule has 1 N–H and O–H groups in total. The smallest absolute Gasteiger partial charge is 0.0540 e. The molecule has 0 spiro atoms. The molecule has 0 aromatic carbocycles. The van der Waals surface area contributed by atoms with Gasteiger partial charge in [-0.3, -0.25) is 0 Å². The van der Waals surface area contributed by atoms with Crippen molar-refractivity contribution < 1.29 is 5.11 Å². The third-order valence-electron chi connectivity index (χ3n) is 3.31. The molecule has 0 amide bonds. The molecule has 1 nitrogen and oxygen atoms in total. The Kier molecular flexibility index (Phi) is 4.24. The van der Waals surface area contributed by atoms with E-state index in [0.29, 0.717) is 5.92 Å². The van der Waals surface area contributed by atoms with Gasteiger partial charge in [-0.05, 0) is 43.9 Å². The first-order chi connectivity index (χ1) is 6.09. The Morgan fingerprint density at radius 3 is 2.46 bits per heavy atom. The van der Waals surface area contributed by atoms with Crippen molar-refractivity contribution in [2.24, 2.45) is 17.8 Å². The van der Waals surface area contributed by atoms with Crippen molar-refractivity contribution in [1.82, 2.24) is 0 Å². The van der Waals surface area contributed by atoms with Crippen molar-refractivity contribution >= 4 is 0 Å². The number of rotatable bonds is 3. The van der Waals surface area contributed by atoms with Crippen molar-refractivity contribution in [3.8, 4) is 0 Å². The zero-order valence-corrected chi connectivity index (χ0v) is 9.29. The minimum atomic E-state index is -0.0880. The maximum atomic E-state index is 9.53. The van der Waals surface area contributed by atoms with Crippen LogP contribution in [0.4, 0.5) is 0 Å². The lowest BCUT2D eigenvalue weighted by atomic mass is 9.76. The van der Waals surface area contributed by atoms with Crippen LogP contribution in [-0.4, -0.2) is 11.2 Å². The maximum Gasteiger partial charge on any atom is 0.0540 e. The highest BCUT2D eigenvalue weighted by molar-refractivity contribution is 4.76. The van der Waals surface area contributed by atoms with Gasteiger partial charge in [0.15, 0.2) is 0 Å². The summed E-state index contributed by atoms with van der Waals surface area (Å²) in [6.07, 6.45) is 6.48. The van der Waals surface area contributed by atoms with Crippen LogP contribution in [0, 0.1) is 17.8 Å². The molecule has 0 aromatic heterocycles. The van der Waals surface area contributed by atoms with E-state index < -0.39 is 0 Å². The molecule has 1 fully saturated rings. The fourth-order valence-electron chi connectivity index (χ4n) is 2.65. The van der Waals surface area contributed by atoms with Gasteiger partial charge in [0.2, 0.25) is 0 Å². The molecule has 1 heteroatoms. The number of aliphatic hydroxyl groups excluding tert-OH is 1. The Morgan fingerprint density at radius 1 is 1.23 bits per heavy atom. The molecule has 0 saturated heterocycles. The maximum absolute atomic E-state index is 9.53. The average molecular weight is 184 g/mol. The van der Waals surface area contributed by atoms with Crippen molar-refractivity contribution in [1.29, 1.82) is 0 Å². The second-order valence-electron chi connectivity index (χ2n) is 5.16. The molecule has 13 heavy (non-hydrogen) atoms. The Hall–Kier alpha value is -0.0400. The Labute approximate surface area is 82.5 Å². The van der Waals surface area contributed by atoms with Crippen LogP contribution in [0.2, 0.25) is 0 Å². The van der Waals surface area contributed by atoms with Gasteiger partial charge in [0.1, 0.15) is 0 Å². The lowest BCUT2D eigenvalue weighted by Crippen LogP contribution is -2.25. The van der Waals surface area contributed by atoms with Gasteiger partial charge in [0.05, 0.1) is 6.10 Å². The largest absolute Gasteiger partial charge is 0.393 e. The topological polar surface area (TPSA) is 20.2 Å². The third kappa shape index (κ3) is 3.68. The summed E-state index contributed by atoms with van der Waals surface area (Å²) in [4.78, 5) is 0. The van der Waals surface area contributed by atoms with Crippen LogP contribution in [0.3, 0.4) is 0 Å². The van der Waals surface area contributed by atoms with Gasteiger partial charge in [0.25, 0.3) is 0 Å². The van der Waals surface area contributed by atoms with Crippen molar-refractivity contribution in [3.63, 3.8) is 0 Å². The van der Waals surface area contributed by atoms with Crippen LogP contribution < -0.4 is 0 Å². The third-order valence-corrected chi connectivity index (χ3v) is 3.31. The first-order valence-corrected chi connectivity index (χ1v) is 5.77. The van der Waals surface area contributed by atoms with Gasteiger partial charge in [0, 0.05) is 0 Å². The van der Waals surface area contributed by atoms with E-state index in [0.717, 1.165) is 11.8 Å². The summed E-state index contributed by atoms with van der Waals surface area (Å²) in [6.45, 7) is 6.54. The molecule has 1 aliphatic rings. The molecular formula is C12H24O. The molecule has 3 unspecified atom stereocenters. The number of aliphatic hydroxyl groups is 1. The second-order valence-corrected chi connectivity index (χ2v) is 5.16. The fourth-order valence-corrected chi connectivity index (χ4v) is 2.65. The van der Waals surface area contributed by atoms with Gasteiger partial charge in [-0.25, -0.2) is 0 Å². The zero-order valence-electron chi connectivity index (χ0n) is 9.29. The van der Waals surface area contributed by atoms with Crippen LogP contribution in [0.5, 0.6) is 0 Å². The molecular weight excluding hydrogens is 160 g/mol. The SMILES string of the molecule is CC(C)CC1CCCC(C(C)O)C1. The van der Waals surface area contributed by atoms with Crippen LogP contribution in [0.15, 0.2) is 0 Å². The van der Waals surface area contributed by atoms with Crippen molar-refractivity contribution in [2.45, 2.75) is 59.0 Å². The molecule has 1 aliphatic carbocycles. The van der Waals surface area contributed by atoms with E-state index in [1.54, 1.807) is 0 Å². The highest BCUT2D eigenvalue weighted by atomic mass is 16.3. The molecule has 1 saturated carbocycles. The van der Waals surface area contributed by atoms with E-state index in [-0.39, 0.29) is 6.10 Å².